The maximum Gasteiger partial charge on any atom is 0.304 e. The molecule has 0 aromatic heterocycles. The molecule has 0 bridgehead atoms. The van der Waals surface area contributed by atoms with E-state index in [1.165, 1.54) is 0 Å². The molecule has 0 saturated heterocycles. The number of nitrogens with one attached hydrogen (secondary N) is 1. The first-order chi connectivity index (χ1) is 11.0. The van der Waals surface area contributed by atoms with Crippen LogP contribution in [-0.4, -0.2) is 71.1 Å². The highest BCUT2D eigenvalue weighted by molar-refractivity contribution is 5.66. The molecule has 23 heavy (non-hydrogen) atoms. The second kappa shape index (κ2) is 14.9. The number of aliphatic carboxylic acids is 1. The van der Waals surface area contributed by atoms with E-state index < -0.39 is 12.1 Å². The van der Waals surface area contributed by atoms with Gasteiger partial charge in [-0.1, -0.05) is 39.5 Å². The van der Waals surface area contributed by atoms with Crippen molar-refractivity contribution in [3.05, 3.63) is 0 Å². The molecule has 0 rings (SSSR count). The highest BCUT2D eigenvalue weighted by Crippen LogP contribution is 2.04. The summed E-state index contributed by atoms with van der Waals surface area (Å²) in [6.07, 6.45) is 5.05. The highest BCUT2D eigenvalue weighted by atomic mass is 16.4. The van der Waals surface area contributed by atoms with Crippen molar-refractivity contribution in [2.75, 3.05) is 32.7 Å². The van der Waals surface area contributed by atoms with E-state index in [0.717, 1.165) is 38.5 Å². The first-order valence-electron chi connectivity index (χ1n) is 9.00. The van der Waals surface area contributed by atoms with Crippen molar-refractivity contribution in [3.63, 3.8) is 0 Å². The SMILES string of the molecule is CCCCC(O)CNCCN(CCC(=O)O)CC(O)CCCC. The lowest BCUT2D eigenvalue weighted by molar-refractivity contribution is -0.137. The maximum atomic E-state index is 10.7. The van der Waals surface area contributed by atoms with Crippen molar-refractivity contribution in [1.82, 2.24) is 10.2 Å². The van der Waals surface area contributed by atoms with Crippen LogP contribution in [0.4, 0.5) is 0 Å². The van der Waals surface area contributed by atoms with Gasteiger partial charge in [0.25, 0.3) is 0 Å². The monoisotopic (exact) mass is 332 g/mol. The molecule has 6 heteroatoms. The molecule has 2 atom stereocenters. The molecule has 0 aromatic rings. The normalized spacial score (nSPS) is 14.1. The predicted octanol–water partition coefficient (Wildman–Crippen LogP) is 1.45. The molecule has 0 amide bonds. The third-order valence-electron chi connectivity index (χ3n) is 3.88. The van der Waals surface area contributed by atoms with Crippen molar-refractivity contribution in [2.24, 2.45) is 0 Å². The highest BCUT2D eigenvalue weighted by Gasteiger charge is 2.13. The fraction of sp³-hybridized carbons (Fsp3) is 0.941. The van der Waals surface area contributed by atoms with Gasteiger partial charge >= 0.3 is 5.97 Å². The first-order valence-corrected chi connectivity index (χ1v) is 9.00. The van der Waals surface area contributed by atoms with Crippen molar-refractivity contribution in [3.8, 4) is 0 Å². The molecule has 6 nitrogen and oxygen atoms in total. The van der Waals surface area contributed by atoms with E-state index in [9.17, 15) is 15.0 Å². The van der Waals surface area contributed by atoms with Crippen LogP contribution < -0.4 is 5.32 Å². The Hall–Kier alpha value is -0.690. The Balaban J connectivity index is 4.02. The van der Waals surface area contributed by atoms with Crippen molar-refractivity contribution in [1.29, 1.82) is 0 Å². The molecular formula is C17H36N2O4. The molecule has 138 valence electrons. The van der Waals surface area contributed by atoms with Gasteiger partial charge in [0.1, 0.15) is 0 Å². The predicted molar refractivity (Wildman–Crippen MR) is 92.6 cm³/mol. The second-order valence-corrected chi connectivity index (χ2v) is 6.24. The van der Waals surface area contributed by atoms with Crippen LogP contribution in [0.15, 0.2) is 0 Å². The van der Waals surface area contributed by atoms with Gasteiger partial charge in [0.2, 0.25) is 0 Å². The Kier molecular flexibility index (Phi) is 14.4. The summed E-state index contributed by atoms with van der Waals surface area (Å²) in [7, 11) is 0. The van der Waals surface area contributed by atoms with Crippen LogP contribution in [0.25, 0.3) is 0 Å². The van der Waals surface area contributed by atoms with Gasteiger partial charge in [-0.3, -0.25) is 9.69 Å². The lowest BCUT2D eigenvalue weighted by atomic mass is 10.1. The Morgan fingerprint density at radius 1 is 1.04 bits per heavy atom. The van der Waals surface area contributed by atoms with Gasteiger partial charge in [0.05, 0.1) is 18.6 Å². The molecular weight excluding hydrogens is 296 g/mol. The Morgan fingerprint density at radius 3 is 2.22 bits per heavy atom. The largest absolute Gasteiger partial charge is 0.481 e. The molecule has 0 fully saturated rings. The Labute approximate surface area is 140 Å². The number of aliphatic hydroxyl groups excluding tert-OH is 2. The molecule has 0 saturated carbocycles. The van der Waals surface area contributed by atoms with Crippen LogP contribution >= 0.6 is 0 Å². The molecule has 0 radical (unpaired) electrons. The Morgan fingerprint density at radius 2 is 1.65 bits per heavy atom. The van der Waals surface area contributed by atoms with Gasteiger partial charge in [0.15, 0.2) is 0 Å². The van der Waals surface area contributed by atoms with Gasteiger partial charge in [-0.25, -0.2) is 0 Å². The number of unbranched alkanes of at least 4 members (excludes halogenated alkanes) is 2. The number of hydrogen-bond acceptors (Lipinski definition) is 5. The zero-order chi connectivity index (χ0) is 17.5. The average Bonchev–Trinajstić information content (AvgIpc) is 2.52. The number of rotatable bonds is 16. The lowest BCUT2D eigenvalue weighted by Crippen LogP contribution is -2.40. The zero-order valence-corrected chi connectivity index (χ0v) is 14.8. The van der Waals surface area contributed by atoms with E-state index in [-0.39, 0.29) is 12.5 Å². The molecule has 0 aliphatic carbocycles. The van der Waals surface area contributed by atoms with E-state index in [0.29, 0.717) is 32.7 Å². The van der Waals surface area contributed by atoms with E-state index in [2.05, 4.69) is 19.2 Å². The van der Waals surface area contributed by atoms with Gasteiger partial charge in [-0.2, -0.15) is 0 Å². The summed E-state index contributed by atoms with van der Waals surface area (Å²) in [5.74, 6) is -0.819. The van der Waals surface area contributed by atoms with E-state index in [1.807, 2.05) is 4.90 Å². The fourth-order valence-corrected chi connectivity index (χ4v) is 2.42. The van der Waals surface area contributed by atoms with Crippen molar-refractivity contribution >= 4 is 5.97 Å². The van der Waals surface area contributed by atoms with Crippen molar-refractivity contribution in [2.45, 2.75) is 71.0 Å². The van der Waals surface area contributed by atoms with E-state index in [1.54, 1.807) is 0 Å². The topological polar surface area (TPSA) is 93.0 Å². The number of carboxylic acids is 1. The number of carboxylic acid groups (broad SMARTS) is 1. The number of hydrogen-bond donors (Lipinski definition) is 4. The number of carbonyl (C=O) groups is 1. The van der Waals surface area contributed by atoms with Crippen LogP contribution in [0.2, 0.25) is 0 Å². The molecule has 2 unspecified atom stereocenters. The van der Waals surface area contributed by atoms with Crippen molar-refractivity contribution < 1.29 is 20.1 Å². The zero-order valence-electron chi connectivity index (χ0n) is 14.8. The Bertz CT molecular complexity index is 290. The smallest absolute Gasteiger partial charge is 0.304 e. The average molecular weight is 332 g/mol. The van der Waals surface area contributed by atoms with Gasteiger partial charge in [-0.15, -0.1) is 0 Å². The first kappa shape index (κ1) is 22.3. The third-order valence-corrected chi connectivity index (χ3v) is 3.88. The lowest BCUT2D eigenvalue weighted by Gasteiger charge is -2.25. The van der Waals surface area contributed by atoms with E-state index in [4.69, 9.17) is 5.11 Å². The maximum absolute atomic E-state index is 10.7. The summed E-state index contributed by atoms with van der Waals surface area (Å²) in [6, 6.07) is 0. The summed E-state index contributed by atoms with van der Waals surface area (Å²) in [6.45, 7) is 7.06. The number of nitrogens with zero attached hydrogens (tertiary/aromatic N) is 1. The summed E-state index contributed by atoms with van der Waals surface area (Å²) >= 11 is 0. The fourth-order valence-electron chi connectivity index (χ4n) is 2.42. The summed E-state index contributed by atoms with van der Waals surface area (Å²) < 4.78 is 0. The van der Waals surface area contributed by atoms with Crippen LogP contribution in [0, 0.1) is 0 Å². The second-order valence-electron chi connectivity index (χ2n) is 6.24. The van der Waals surface area contributed by atoms with Gasteiger partial charge in [-0.05, 0) is 12.8 Å². The quantitative estimate of drug-likeness (QED) is 0.320. The molecule has 0 aromatic carbocycles. The molecule has 0 heterocycles. The van der Waals surface area contributed by atoms with Crippen LogP contribution in [0.5, 0.6) is 0 Å². The standard InChI is InChI=1S/C17H36N2O4/c1-3-5-7-15(20)13-18-10-12-19(11-9-17(22)23)14-16(21)8-6-4-2/h15-16,18,20-21H,3-14H2,1-2H3,(H,22,23). The van der Waals surface area contributed by atoms with Gasteiger partial charge in [0, 0.05) is 32.7 Å². The van der Waals surface area contributed by atoms with Crippen LogP contribution in [-0.2, 0) is 4.79 Å². The third kappa shape index (κ3) is 14.6. The van der Waals surface area contributed by atoms with Crippen LogP contribution in [0.3, 0.4) is 0 Å². The summed E-state index contributed by atoms with van der Waals surface area (Å²) in [4.78, 5) is 12.7. The summed E-state index contributed by atoms with van der Waals surface area (Å²) in [5.41, 5.74) is 0. The number of aliphatic hydroxyl groups is 2. The molecule has 0 aliphatic rings. The minimum absolute atomic E-state index is 0.0830. The van der Waals surface area contributed by atoms with Gasteiger partial charge < -0.3 is 20.6 Å². The van der Waals surface area contributed by atoms with E-state index >= 15 is 0 Å². The molecule has 0 aliphatic heterocycles. The van der Waals surface area contributed by atoms with Crippen LogP contribution in [0.1, 0.15) is 58.8 Å². The molecule has 4 N–H and O–H groups in total. The minimum atomic E-state index is -0.819. The molecule has 0 spiro atoms. The summed E-state index contributed by atoms with van der Waals surface area (Å²) in [5, 5.41) is 31.8. The minimum Gasteiger partial charge on any atom is -0.481 e.